The average molecular weight is 389 g/mol. The van der Waals surface area contributed by atoms with Crippen molar-refractivity contribution >= 4 is 23.5 Å². The van der Waals surface area contributed by atoms with Crippen LogP contribution in [0.4, 0.5) is 0 Å². The molecule has 0 aromatic heterocycles. The third-order valence-electron chi connectivity index (χ3n) is 3.77. The molecule has 0 bridgehead atoms. The average Bonchev–Trinajstić information content (AvgIpc) is 2.69. The van der Waals surface area contributed by atoms with E-state index in [1.807, 2.05) is 31.2 Å². The van der Waals surface area contributed by atoms with Gasteiger partial charge in [-0.05, 0) is 25.1 Å². The molecule has 0 atom stereocenters. The van der Waals surface area contributed by atoms with Crippen LogP contribution in [-0.4, -0.2) is 38.6 Å². The van der Waals surface area contributed by atoms with Crippen LogP contribution in [0.15, 0.2) is 53.5 Å². The van der Waals surface area contributed by atoms with Gasteiger partial charge in [0.1, 0.15) is 5.75 Å². The number of rotatable bonds is 8. The molecule has 0 heterocycles. The number of hydrogen-bond acceptors (Lipinski definition) is 3. The summed E-state index contributed by atoms with van der Waals surface area (Å²) in [6, 6.07) is 14.8. The quantitative estimate of drug-likeness (QED) is 0.369. The second kappa shape index (κ2) is 11.1. The van der Waals surface area contributed by atoms with Gasteiger partial charge in [-0.3, -0.25) is 4.79 Å². The van der Waals surface area contributed by atoms with Crippen LogP contribution in [0.2, 0.25) is 5.02 Å². The lowest BCUT2D eigenvalue weighted by atomic mass is 10.2. The van der Waals surface area contributed by atoms with E-state index >= 15 is 0 Å². The Morgan fingerprint density at radius 3 is 2.48 bits per heavy atom. The van der Waals surface area contributed by atoms with Gasteiger partial charge in [0.2, 0.25) is 0 Å². The zero-order valence-electron chi connectivity index (χ0n) is 15.6. The number of methoxy groups -OCH3 is 1. The first-order valence-corrected chi connectivity index (χ1v) is 9.20. The highest BCUT2D eigenvalue weighted by Gasteiger charge is 2.08. The van der Waals surface area contributed by atoms with E-state index in [2.05, 4.69) is 20.9 Å². The molecule has 0 radical (unpaired) electrons. The van der Waals surface area contributed by atoms with E-state index in [1.54, 1.807) is 31.4 Å². The first kappa shape index (κ1) is 20.6. The summed E-state index contributed by atoms with van der Waals surface area (Å²) in [7, 11) is 1.65. The van der Waals surface area contributed by atoms with Crippen LogP contribution in [-0.2, 0) is 6.54 Å². The number of guanidine groups is 1. The van der Waals surface area contributed by atoms with E-state index in [1.165, 1.54) is 0 Å². The third-order valence-corrected chi connectivity index (χ3v) is 4.10. The number of halogens is 1. The Bertz CT molecular complexity index is 780. The second-order valence-corrected chi connectivity index (χ2v) is 6.08. The van der Waals surface area contributed by atoms with E-state index in [0.717, 1.165) is 17.9 Å². The normalized spacial score (nSPS) is 11.0. The fraction of sp³-hybridized carbons (Fsp3) is 0.300. The molecule has 0 aliphatic heterocycles. The molecule has 27 heavy (non-hydrogen) atoms. The maximum absolute atomic E-state index is 12.1. The van der Waals surface area contributed by atoms with Gasteiger partial charge >= 0.3 is 0 Å². The van der Waals surface area contributed by atoms with Crippen molar-refractivity contribution in [3.8, 4) is 5.75 Å². The highest BCUT2D eigenvalue weighted by molar-refractivity contribution is 6.33. The standard InChI is InChI=1S/C20H25ClN4O2/c1-3-22-20(25-14-15-8-4-7-11-18(15)27-2)24-13-12-23-19(26)16-9-5-6-10-17(16)21/h4-11H,3,12-14H2,1-2H3,(H,23,26)(H2,22,24,25). The summed E-state index contributed by atoms with van der Waals surface area (Å²) in [5.41, 5.74) is 1.47. The van der Waals surface area contributed by atoms with Gasteiger partial charge in [0.25, 0.3) is 5.91 Å². The molecule has 0 spiro atoms. The third kappa shape index (κ3) is 6.49. The van der Waals surface area contributed by atoms with Crippen molar-refractivity contribution in [3.63, 3.8) is 0 Å². The lowest BCUT2D eigenvalue weighted by molar-refractivity contribution is 0.0954. The minimum Gasteiger partial charge on any atom is -0.496 e. The zero-order valence-corrected chi connectivity index (χ0v) is 16.3. The summed E-state index contributed by atoms with van der Waals surface area (Å²) in [5, 5.41) is 9.66. The fourth-order valence-corrected chi connectivity index (χ4v) is 2.66. The smallest absolute Gasteiger partial charge is 0.252 e. The Morgan fingerprint density at radius 2 is 1.74 bits per heavy atom. The molecule has 7 heteroatoms. The molecule has 0 aliphatic rings. The minimum absolute atomic E-state index is 0.196. The highest BCUT2D eigenvalue weighted by Crippen LogP contribution is 2.17. The Morgan fingerprint density at radius 1 is 1.04 bits per heavy atom. The monoisotopic (exact) mass is 388 g/mol. The summed E-state index contributed by atoms with van der Waals surface area (Å²) in [4.78, 5) is 16.7. The number of nitrogens with zero attached hydrogens (tertiary/aromatic N) is 1. The number of para-hydroxylation sites is 1. The fourth-order valence-electron chi connectivity index (χ4n) is 2.44. The SMILES string of the molecule is CCNC(=NCc1ccccc1OC)NCCNC(=O)c1ccccc1Cl. The van der Waals surface area contributed by atoms with Gasteiger partial charge in [0.05, 0.1) is 24.2 Å². The Kier molecular flexibility index (Phi) is 8.45. The number of aliphatic imine (C=N–C) groups is 1. The summed E-state index contributed by atoms with van der Waals surface area (Å²) < 4.78 is 5.35. The molecule has 0 fully saturated rings. The van der Waals surface area contributed by atoms with Gasteiger partial charge in [-0.2, -0.15) is 0 Å². The molecule has 0 saturated carbocycles. The molecule has 1 amide bonds. The molecule has 3 N–H and O–H groups in total. The van der Waals surface area contributed by atoms with Gasteiger partial charge in [-0.25, -0.2) is 4.99 Å². The van der Waals surface area contributed by atoms with Crippen LogP contribution in [0.3, 0.4) is 0 Å². The lowest BCUT2D eigenvalue weighted by Crippen LogP contribution is -2.41. The van der Waals surface area contributed by atoms with E-state index in [0.29, 0.717) is 36.2 Å². The van der Waals surface area contributed by atoms with Crippen molar-refractivity contribution in [2.45, 2.75) is 13.5 Å². The summed E-state index contributed by atoms with van der Waals surface area (Å²) in [6.45, 7) is 4.21. The van der Waals surface area contributed by atoms with Gasteiger partial charge in [-0.1, -0.05) is 41.9 Å². The molecule has 2 aromatic rings. The number of carbonyl (C=O) groups excluding carboxylic acids is 1. The summed E-state index contributed by atoms with van der Waals surface area (Å²) >= 11 is 6.03. The minimum atomic E-state index is -0.196. The summed E-state index contributed by atoms with van der Waals surface area (Å²) in [6.07, 6.45) is 0. The first-order valence-electron chi connectivity index (χ1n) is 8.82. The predicted octanol–water partition coefficient (Wildman–Crippen LogP) is 2.83. The van der Waals surface area contributed by atoms with Crippen molar-refractivity contribution in [2.24, 2.45) is 4.99 Å². The van der Waals surface area contributed by atoms with E-state index in [4.69, 9.17) is 16.3 Å². The molecule has 144 valence electrons. The number of benzene rings is 2. The van der Waals surface area contributed by atoms with Gasteiger partial charge in [-0.15, -0.1) is 0 Å². The molecule has 2 rings (SSSR count). The van der Waals surface area contributed by atoms with Crippen LogP contribution < -0.4 is 20.7 Å². The van der Waals surface area contributed by atoms with Crippen molar-refractivity contribution in [1.29, 1.82) is 0 Å². The highest BCUT2D eigenvalue weighted by atomic mass is 35.5. The summed E-state index contributed by atoms with van der Waals surface area (Å²) in [5.74, 6) is 1.29. The maximum Gasteiger partial charge on any atom is 0.252 e. The number of ether oxygens (including phenoxy) is 1. The topological polar surface area (TPSA) is 74.8 Å². The number of hydrogen-bond donors (Lipinski definition) is 3. The maximum atomic E-state index is 12.1. The van der Waals surface area contributed by atoms with Crippen LogP contribution in [0, 0.1) is 0 Å². The molecule has 2 aromatic carbocycles. The van der Waals surface area contributed by atoms with Gasteiger partial charge < -0.3 is 20.7 Å². The van der Waals surface area contributed by atoms with Crippen LogP contribution in [0.1, 0.15) is 22.8 Å². The number of amides is 1. The predicted molar refractivity (Wildman–Crippen MR) is 110 cm³/mol. The van der Waals surface area contributed by atoms with E-state index < -0.39 is 0 Å². The Balaban J connectivity index is 1.85. The van der Waals surface area contributed by atoms with Crippen LogP contribution >= 0.6 is 11.6 Å². The van der Waals surface area contributed by atoms with E-state index in [9.17, 15) is 4.79 Å². The second-order valence-electron chi connectivity index (χ2n) is 5.67. The Hall–Kier alpha value is -2.73. The largest absolute Gasteiger partial charge is 0.496 e. The number of nitrogens with one attached hydrogen (secondary N) is 3. The van der Waals surface area contributed by atoms with Crippen molar-refractivity contribution < 1.29 is 9.53 Å². The first-order chi connectivity index (χ1) is 13.2. The van der Waals surface area contributed by atoms with Crippen molar-refractivity contribution in [1.82, 2.24) is 16.0 Å². The van der Waals surface area contributed by atoms with Crippen molar-refractivity contribution in [2.75, 3.05) is 26.7 Å². The van der Waals surface area contributed by atoms with E-state index in [-0.39, 0.29) is 5.91 Å². The lowest BCUT2D eigenvalue weighted by Gasteiger charge is -2.13. The zero-order chi connectivity index (χ0) is 19.5. The Labute approximate surface area is 165 Å². The molecular formula is C20H25ClN4O2. The van der Waals surface area contributed by atoms with Gasteiger partial charge in [0, 0.05) is 25.2 Å². The number of carbonyl (C=O) groups is 1. The van der Waals surface area contributed by atoms with Crippen molar-refractivity contribution in [3.05, 3.63) is 64.7 Å². The molecule has 0 saturated heterocycles. The molecular weight excluding hydrogens is 364 g/mol. The molecule has 0 unspecified atom stereocenters. The molecule has 6 nitrogen and oxygen atoms in total. The van der Waals surface area contributed by atoms with Crippen LogP contribution in [0.5, 0.6) is 5.75 Å². The molecule has 0 aliphatic carbocycles. The van der Waals surface area contributed by atoms with Gasteiger partial charge in [0.15, 0.2) is 5.96 Å². The van der Waals surface area contributed by atoms with Crippen LogP contribution in [0.25, 0.3) is 0 Å².